The van der Waals surface area contributed by atoms with Crippen LogP contribution in [0.5, 0.6) is 0 Å². The minimum atomic E-state index is 0.676. The molecule has 0 atom stereocenters. The zero-order chi connectivity index (χ0) is 11.6. The molecule has 16 heavy (non-hydrogen) atoms. The van der Waals surface area contributed by atoms with E-state index >= 15 is 0 Å². The van der Waals surface area contributed by atoms with Crippen LogP contribution in [-0.2, 0) is 16.1 Å². The molecule has 0 fully saturated rings. The molecule has 88 valence electrons. The number of benzene rings is 1. The van der Waals surface area contributed by atoms with Crippen molar-refractivity contribution in [1.29, 1.82) is 0 Å². The Balaban J connectivity index is 2.02. The third kappa shape index (κ3) is 5.93. The van der Waals surface area contributed by atoms with E-state index in [4.69, 9.17) is 9.47 Å². The molecule has 2 nitrogen and oxygen atoms in total. The summed E-state index contributed by atoms with van der Waals surface area (Å²) in [5.41, 5.74) is 1.20. The highest BCUT2D eigenvalue weighted by Crippen LogP contribution is 2.11. The summed E-state index contributed by atoms with van der Waals surface area (Å²) in [6, 6.07) is 8.17. The monoisotopic (exact) mass is 284 g/mol. The Morgan fingerprint density at radius 2 is 1.81 bits per heavy atom. The maximum atomic E-state index is 5.54. The predicted octanol–water partition coefficient (Wildman–Crippen LogP) is 3.91. The average Bonchev–Trinajstić information content (AvgIpc) is 2.30. The fraction of sp³-hybridized carbons (Fsp3) is 0.385. The smallest absolute Gasteiger partial charge is 0.0873 e. The molecule has 0 aliphatic heterocycles. The molecule has 1 aromatic carbocycles. The van der Waals surface area contributed by atoms with Gasteiger partial charge in [-0.15, -0.1) is 0 Å². The number of unbranched alkanes of at least 4 members (excludes halogenated alkanes) is 1. The highest BCUT2D eigenvalue weighted by Gasteiger charge is 1.94. The first-order valence-electron chi connectivity index (χ1n) is 5.37. The summed E-state index contributed by atoms with van der Waals surface area (Å²) in [5.74, 6) is 0. The van der Waals surface area contributed by atoms with Crippen molar-refractivity contribution in [1.82, 2.24) is 0 Å². The number of ether oxygens (including phenoxy) is 2. The molecule has 0 amide bonds. The maximum Gasteiger partial charge on any atom is 0.0873 e. The Morgan fingerprint density at radius 3 is 2.50 bits per heavy atom. The van der Waals surface area contributed by atoms with Crippen molar-refractivity contribution in [3.63, 3.8) is 0 Å². The van der Waals surface area contributed by atoms with Gasteiger partial charge in [0.2, 0.25) is 0 Å². The van der Waals surface area contributed by atoms with E-state index in [9.17, 15) is 0 Å². The van der Waals surface area contributed by atoms with E-state index in [-0.39, 0.29) is 0 Å². The van der Waals surface area contributed by atoms with Crippen LogP contribution in [0.25, 0.3) is 0 Å². The van der Waals surface area contributed by atoms with Crippen LogP contribution in [0.3, 0.4) is 0 Å². The molecule has 0 saturated carbocycles. The summed E-state index contributed by atoms with van der Waals surface area (Å²) in [6.07, 6.45) is 3.50. The first-order chi connectivity index (χ1) is 7.83. The van der Waals surface area contributed by atoms with Gasteiger partial charge in [-0.3, -0.25) is 0 Å². The van der Waals surface area contributed by atoms with Crippen LogP contribution in [0.2, 0.25) is 0 Å². The van der Waals surface area contributed by atoms with Crippen LogP contribution in [-0.4, -0.2) is 13.2 Å². The molecule has 0 aliphatic rings. The summed E-state index contributed by atoms with van der Waals surface area (Å²) in [4.78, 5) is 0. The fourth-order valence-corrected chi connectivity index (χ4v) is 1.51. The minimum Gasteiger partial charge on any atom is -0.502 e. The first-order valence-corrected chi connectivity index (χ1v) is 6.17. The second-order valence-electron chi connectivity index (χ2n) is 3.42. The topological polar surface area (TPSA) is 18.5 Å². The molecule has 0 bridgehead atoms. The van der Waals surface area contributed by atoms with Crippen LogP contribution in [0.4, 0.5) is 0 Å². The molecule has 0 unspecified atom stereocenters. The molecule has 0 saturated heterocycles. The lowest BCUT2D eigenvalue weighted by Gasteiger charge is -2.04. The Morgan fingerprint density at radius 1 is 1.12 bits per heavy atom. The molecule has 1 rings (SSSR count). The molecule has 0 radical (unpaired) electrons. The molecule has 0 aromatic heterocycles. The molecule has 0 heterocycles. The SMILES string of the molecule is C=COCCCCOCc1ccc(Br)cc1. The quantitative estimate of drug-likeness (QED) is 0.532. The predicted molar refractivity (Wildman–Crippen MR) is 69.2 cm³/mol. The van der Waals surface area contributed by atoms with E-state index in [2.05, 4.69) is 34.6 Å². The largest absolute Gasteiger partial charge is 0.502 e. The van der Waals surface area contributed by atoms with E-state index in [1.165, 1.54) is 11.8 Å². The van der Waals surface area contributed by atoms with Crippen LogP contribution in [0.15, 0.2) is 41.6 Å². The van der Waals surface area contributed by atoms with E-state index in [0.717, 1.165) is 30.5 Å². The molecular formula is C13H17BrO2. The summed E-state index contributed by atoms with van der Waals surface area (Å²) >= 11 is 3.40. The zero-order valence-corrected chi connectivity index (χ0v) is 10.9. The highest BCUT2D eigenvalue weighted by atomic mass is 79.9. The van der Waals surface area contributed by atoms with Gasteiger partial charge in [0.1, 0.15) is 0 Å². The number of hydrogen-bond acceptors (Lipinski definition) is 2. The number of rotatable bonds is 8. The van der Waals surface area contributed by atoms with Gasteiger partial charge in [-0.25, -0.2) is 0 Å². The third-order valence-corrected chi connectivity index (χ3v) is 2.63. The summed E-state index contributed by atoms with van der Waals surface area (Å²) in [7, 11) is 0. The normalized spacial score (nSPS) is 10.1. The third-order valence-electron chi connectivity index (χ3n) is 2.10. The zero-order valence-electron chi connectivity index (χ0n) is 9.32. The van der Waals surface area contributed by atoms with Crippen molar-refractivity contribution in [2.75, 3.05) is 13.2 Å². The second kappa shape index (κ2) is 8.36. The van der Waals surface area contributed by atoms with Crippen LogP contribution >= 0.6 is 15.9 Å². The van der Waals surface area contributed by atoms with Gasteiger partial charge >= 0.3 is 0 Å². The van der Waals surface area contributed by atoms with Gasteiger partial charge in [0.05, 0.1) is 19.5 Å². The van der Waals surface area contributed by atoms with E-state index < -0.39 is 0 Å². The lowest BCUT2D eigenvalue weighted by atomic mass is 10.2. The molecule has 0 aliphatic carbocycles. The lowest BCUT2D eigenvalue weighted by molar-refractivity contribution is 0.111. The van der Waals surface area contributed by atoms with Crippen molar-refractivity contribution in [2.24, 2.45) is 0 Å². The Hall–Kier alpha value is -0.800. The van der Waals surface area contributed by atoms with Crippen molar-refractivity contribution < 1.29 is 9.47 Å². The minimum absolute atomic E-state index is 0.676. The van der Waals surface area contributed by atoms with Gasteiger partial charge < -0.3 is 9.47 Å². The standard InChI is InChI=1S/C13H17BrO2/c1-2-15-9-3-4-10-16-11-12-5-7-13(14)8-6-12/h2,5-8H,1,3-4,9-11H2. The van der Waals surface area contributed by atoms with Gasteiger partial charge in [0.15, 0.2) is 0 Å². The molecule has 3 heteroatoms. The molecule has 0 N–H and O–H groups in total. The van der Waals surface area contributed by atoms with Crippen LogP contribution < -0.4 is 0 Å². The van der Waals surface area contributed by atoms with E-state index in [1.54, 1.807) is 0 Å². The molecule has 0 spiro atoms. The van der Waals surface area contributed by atoms with Crippen molar-refractivity contribution >= 4 is 15.9 Å². The summed E-state index contributed by atoms with van der Waals surface area (Å²) < 4.78 is 11.7. The van der Waals surface area contributed by atoms with Gasteiger partial charge in [0.25, 0.3) is 0 Å². The van der Waals surface area contributed by atoms with Crippen molar-refractivity contribution in [3.05, 3.63) is 47.1 Å². The number of halogens is 1. The summed E-state index contributed by atoms with van der Waals surface area (Å²) in [6.45, 7) is 5.66. The lowest BCUT2D eigenvalue weighted by Crippen LogP contribution is -1.97. The Bertz CT molecular complexity index is 295. The molecule has 1 aromatic rings. The van der Waals surface area contributed by atoms with Crippen LogP contribution in [0, 0.1) is 0 Å². The number of hydrogen-bond donors (Lipinski definition) is 0. The summed E-state index contributed by atoms with van der Waals surface area (Å²) in [5, 5.41) is 0. The van der Waals surface area contributed by atoms with Crippen molar-refractivity contribution in [3.8, 4) is 0 Å². The van der Waals surface area contributed by atoms with E-state index in [0.29, 0.717) is 6.61 Å². The Labute approximate surface area is 105 Å². The molecular weight excluding hydrogens is 268 g/mol. The average molecular weight is 285 g/mol. The highest BCUT2D eigenvalue weighted by molar-refractivity contribution is 9.10. The van der Waals surface area contributed by atoms with E-state index in [1.807, 2.05) is 12.1 Å². The Kier molecular flexibility index (Phi) is 6.93. The first kappa shape index (κ1) is 13.3. The fourth-order valence-electron chi connectivity index (χ4n) is 1.24. The van der Waals surface area contributed by atoms with Gasteiger partial charge in [-0.2, -0.15) is 0 Å². The van der Waals surface area contributed by atoms with Gasteiger partial charge in [-0.05, 0) is 30.5 Å². The second-order valence-corrected chi connectivity index (χ2v) is 4.34. The van der Waals surface area contributed by atoms with Gasteiger partial charge in [-0.1, -0.05) is 34.6 Å². The van der Waals surface area contributed by atoms with Crippen LogP contribution in [0.1, 0.15) is 18.4 Å². The van der Waals surface area contributed by atoms with Crippen molar-refractivity contribution in [2.45, 2.75) is 19.4 Å². The maximum absolute atomic E-state index is 5.54. The van der Waals surface area contributed by atoms with Gasteiger partial charge in [0, 0.05) is 11.1 Å².